The number of hydrogen-bond donors (Lipinski definition) is 2. The number of amides is 1. The number of carbonyl (C=O) groups is 2. The molecule has 1 amide bonds. The largest absolute Gasteiger partial charge is 0.477 e. The normalized spacial score (nSPS) is 10.2. The summed E-state index contributed by atoms with van der Waals surface area (Å²) in [6.45, 7) is 4.59. The zero-order valence-corrected chi connectivity index (χ0v) is 10.9. The fraction of sp³-hybridized carbons (Fsp3) is 0.500. The molecule has 102 valence electrons. The molecule has 0 saturated heterocycles. The van der Waals surface area contributed by atoms with Crippen LogP contribution in [-0.2, 0) is 0 Å². The Morgan fingerprint density at radius 2 is 2.26 bits per heavy atom. The lowest BCUT2D eigenvalue weighted by atomic mass is 10.2. The zero-order chi connectivity index (χ0) is 14.4. The van der Waals surface area contributed by atoms with E-state index < -0.39 is 11.9 Å². The Labute approximate surface area is 110 Å². The molecule has 0 aromatic carbocycles. The van der Waals surface area contributed by atoms with Gasteiger partial charge in [-0.25, -0.2) is 9.78 Å². The molecule has 1 aromatic rings. The molecule has 0 aliphatic rings. The summed E-state index contributed by atoms with van der Waals surface area (Å²) in [4.78, 5) is 30.8. The Bertz CT molecular complexity index is 501. The first-order valence-corrected chi connectivity index (χ1v) is 5.90. The van der Waals surface area contributed by atoms with Crippen molar-refractivity contribution in [3.63, 3.8) is 0 Å². The van der Waals surface area contributed by atoms with E-state index in [0.717, 1.165) is 0 Å². The van der Waals surface area contributed by atoms with Gasteiger partial charge in [-0.3, -0.25) is 4.79 Å². The maximum atomic E-state index is 12.2. The lowest BCUT2D eigenvalue weighted by Gasteiger charge is -2.22. The van der Waals surface area contributed by atoms with Gasteiger partial charge in [-0.1, -0.05) is 13.8 Å². The molecule has 0 aliphatic carbocycles. The summed E-state index contributed by atoms with van der Waals surface area (Å²) in [5.74, 6) is -1.48. The highest BCUT2D eigenvalue weighted by Crippen LogP contribution is 2.10. The minimum atomic E-state index is -1.23. The standard InChI is InChI=1S/C12H16N4O3/c1-8(2)6-16(5-3-4-13)11(17)9-10(12(18)19)15-7-14-9/h7-8H,3,5-6H2,1-2H3,(H,14,15)(H,18,19). The number of imidazole rings is 1. The number of aromatic amines is 1. The number of H-pyrrole nitrogens is 1. The van der Waals surface area contributed by atoms with Crippen LogP contribution < -0.4 is 0 Å². The van der Waals surface area contributed by atoms with Crippen LogP contribution in [-0.4, -0.2) is 44.9 Å². The number of aromatic carboxylic acids is 1. The van der Waals surface area contributed by atoms with Gasteiger partial charge >= 0.3 is 5.97 Å². The predicted octanol–water partition coefficient (Wildman–Crippen LogP) is 1.12. The average molecular weight is 264 g/mol. The van der Waals surface area contributed by atoms with Crippen molar-refractivity contribution < 1.29 is 14.7 Å². The molecule has 2 N–H and O–H groups in total. The van der Waals surface area contributed by atoms with E-state index in [1.165, 1.54) is 11.2 Å². The Hall–Kier alpha value is -2.36. The zero-order valence-electron chi connectivity index (χ0n) is 10.9. The number of carboxylic acids is 1. The number of carboxylic acid groups (broad SMARTS) is 1. The third kappa shape index (κ3) is 3.81. The number of aromatic nitrogens is 2. The number of rotatable bonds is 6. The molecular weight excluding hydrogens is 248 g/mol. The molecule has 0 bridgehead atoms. The van der Waals surface area contributed by atoms with Crippen LogP contribution >= 0.6 is 0 Å². The first-order valence-electron chi connectivity index (χ1n) is 5.90. The monoisotopic (exact) mass is 264 g/mol. The SMILES string of the molecule is CC(C)CN(CCC#N)C(=O)c1nc[nH]c1C(=O)O. The van der Waals surface area contributed by atoms with Crippen molar-refractivity contribution in [3.05, 3.63) is 17.7 Å². The Morgan fingerprint density at radius 3 is 2.79 bits per heavy atom. The molecule has 0 spiro atoms. The molecule has 0 radical (unpaired) electrons. The van der Waals surface area contributed by atoms with E-state index >= 15 is 0 Å². The summed E-state index contributed by atoms with van der Waals surface area (Å²) in [5.41, 5.74) is -0.346. The van der Waals surface area contributed by atoms with Gasteiger partial charge in [0.15, 0.2) is 11.4 Å². The minimum Gasteiger partial charge on any atom is -0.477 e. The van der Waals surface area contributed by atoms with Gasteiger partial charge < -0.3 is 15.0 Å². The van der Waals surface area contributed by atoms with E-state index in [-0.39, 0.29) is 30.3 Å². The van der Waals surface area contributed by atoms with E-state index in [4.69, 9.17) is 10.4 Å². The molecule has 0 atom stereocenters. The van der Waals surface area contributed by atoms with E-state index in [2.05, 4.69) is 9.97 Å². The Morgan fingerprint density at radius 1 is 1.58 bits per heavy atom. The summed E-state index contributed by atoms with van der Waals surface area (Å²) < 4.78 is 0. The van der Waals surface area contributed by atoms with Crippen molar-refractivity contribution in [2.75, 3.05) is 13.1 Å². The van der Waals surface area contributed by atoms with Crippen LogP contribution in [0.3, 0.4) is 0 Å². The van der Waals surface area contributed by atoms with Crippen molar-refractivity contribution in [1.29, 1.82) is 5.26 Å². The first-order chi connectivity index (χ1) is 8.97. The van der Waals surface area contributed by atoms with Gasteiger partial charge in [-0.2, -0.15) is 5.26 Å². The fourth-order valence-corrected chi connectivity index (χ4v) is 1.67. The molecule has 7 heteroatoms. The van der Waals surface area contributed by atoms with Crippen molar-refractivity contribution in [1.82, 2.24) is 14.9 Å². The summed E-state index contributed by atoms with van der Waals surface area (Å²) in [7, 11) is 0. The third-order valence-electron chi connectivity index (χ3n) is 2.42. The Balaban J connectivity index is 2.95. The van der Waals surface area contributed by atoms with Crippen LogP contribution in [0.25, 0.3) is 0 Å². The third-order valence-corrected chi connectivity index (χ3v) is 2.42. The van der Waals surface area contributed by atoms with Gasteiger partial charge in [0.25, 0.3) is 5.91 Å². The molecule has 7 nitrogen and oxygen atoms in total. The van der Waals surface area contributed by atoms with Crippen LogP contribution in [0.2, 0.25) is 0 Å². The van der Waals surface area contributed by atoms with Gasteiger partial charge in [-0.05, 0) is 5.92 Å². The summed E-state index contributed by atoms with van der Waals surface area (Å²) in [6.07, 6.45) is 1.37. The maximum Gasteiger partial charge on any atom is 0.354 e. The van der Waals surface area contributed by atoms with Gasteiger partial charge in [0.05, 0.1) is 18.8 Å². The number of nitriles is 1. The number of hydrogen-bond acceptors (Lipinski definition) is 4. The molecule has 1 heterocycles. The summed E-state index contributed by atoms with van der Waals surface area (Å²) >= 11 is 0. The van der Waals surface area contributed by atoms with Gasteiger partial charge in [0, 0.05) is 13.1 Å². The van der Waals surface area contributed by atoms with E-state index in [1.54, 1.807) is 0 Å². The summed E-state index contributed by atoms with van der Waals surface area (Å²) in [5, 5.41) is 17.5. The minimum absolute atomic E-state index is 0.119. The van der Waals surface area contributed by atoms with Crippen molar-refractivity contribution in [3.8, 4) is 6.07 Å². The molecule has 19 heavy (non-hydrogen) atoms. The molecule has 1 aromatic heterocycles. The van der Waals surface area contributed by atoms with E-state index in [1.807, 2.05) is 19.9 Å². The maximum absolute atomic E-state index is 12.2. The molecule has 0 fully saturated rings. The van der Waals surface area contributed by atoms with Crippen LogP contribution in [0.15, 0.2) is 6.33 Å². The highest BCUT2D eigenvalue weighted by molar-refractivity contribution is 6.02. The summed E-state index contributed by atoms with van der Waals surface area (Å²) in [6, 6.07) is 1.97. The fourth-order valence-electron chi connectivity index (χ4n) is 1.67. The molecule has 0 unspecified atom stereocenters. The van der Waals surface area contributed by atoms with E-state index in [0.29, 0.717) is 6.54 Å². The highest BCUT2D eigenvalue weighted by atomic mass is 16.4. The quantitative estimate of drug-likeness (QED) is 0.799. The van der Waals surface area contributed by atoms with Crippen LogP contribution in [0.4, 0.5) is 0 Å². The number of carbonyl (C=O) groups excluding carboxylic acids is 1. The second kappa shape index (κ2) is 6.54. The van der Waals surface area contributed by atoms with Crippen LogP contribution in [0, 0.1) is 17.2 Å². The molecule has 1 rings (SSSR count). The van der Waals surface area contributed by atoms with Crippen molar-refractivity contribution in [2.24, 2.45) is 5.92 Å². The van der Waals surface area contributed by atoms with Gasteiger partial charge in [0.1, 0.15) is 0 Å². The lowest BCUT2D eigenvalue weighted by Crippen LogP contribution is -2.36. The average Bonchev–Trinajstić information content (AvgIpc) is 2.82. The molecule has 0 saturated carbocycles. The first kappa shape index (κ1) is 14.7. The van der Waals surface area contributed by atoms with Crippen molar-refractivity contribution in [2.45, 2.75) is 20.3 Å². The van der Waals surface area contributed by atoms with Crippen LogP contribution in [0.5, 0.6) is 0 Å². The predicted molar refractivity (Wildman–Crippen MR) is 66.5 cm³/mol. The van der Waals surface area contributed by atoms with E-state index in [9.17, 15) is 9.59 Å². The van der Waals surface area contributed by atoms with Crippen molar-refractivity contribution >= 4 is 11.9 Å². The van der Waals surface area contributed by atoms with Gasteiger partial charge in [0.2, 0.25) is 0 Å². The topological polar surface area (TPSA) is 110 Å². The second-order valence-electron chi connectivity index (χ2n) is 4.48. The second-order valence-corrected chi connectivity index (χ2v) is 4.48. The van der Waals surface area contributed by atoms with Crippen LogP contribution in [0.1, 0.15) is 41.2 Å². The highest BCUT2D eigenvalue weighted by Gasteiger charge is 2.24. The lowest BCUT2D eigenvalue weighted by molar-refractivity contribution is 0.0664. The number of nitrogens with zero attached hydrogens (tertiary/aromatic N) is 3. The smallest absolute Gasteiger partial charge is 0.354 e. The number of nitrogens with one attached hydrogen (secondary N) is 1. The molecular formula is C12H16N4O3. The Kier molecular flexibility index (Phi) is 5.06. The molecule has 0 aliphatic heterocycles. The van der Waals surface area contributed by atoms with Gasteiger partial charge in [-0.15, -0.1) is 0 Å².